The first-order valence-corrected chi connectivity index (χ1v) is 6.09. The number of rotatable bonds is 5. The van der Waals surface area contributed by atoms with Crippen molar-refractivity contribution in [3.05, 3.63) is 47.9 Å². The number of aliphatic carboxylic acids is 1. The van der Waals surface area contributed by atoms with E-state index >= 15 is 0 Å². The topological polar surface area (TPSA) is 92.4 Å². The number of benzene rings is 1. The second-order valence-electron chi connectivity index (χ2n) is 4.46. The van der Waals surface area contributed by atoms with Crippen LogP contribution in [0.3, 0.4) is 0 Å². The van der Waals surface area contributed by atoms with Crippen molar-refractivity contribution in [2.75, 3.05) is 5.32 Å². The van der Waals surface area contributed by atoms with Crippen molar-refractivity contribution in [1.29, 1.82) is 0 Å². The lowest BCUT2D eigenvalue weighted by atomic mass is 9.98. The molecule has 20 heavy (non-hydrogen) atoms. The Morgan fingerprint density at radius 3 is 2.55 bits per heavy atom. The zero-order chi connectivity index (χ0) is 14.5. The Hall–Kier alpha value is -2.63. The molecule has 104 valence electrons. The van der Waals surface area contributed by atoms with Crippen molar-refractivity contribution in [2.45, 2.75) is 19.3 Å². The number of hydrogen-bond acceptors (Lipinski definition) is 4. The number of anilines is 1. The van der Waals surface area contributed by atoms with Crippen LogP contribution in [0, 0.1) is 0 Å². The van der Waals surface area contributed by atoms with Crippen LogP contribution in [0.15, 0.2) is 41.1 Å². The van der Waals surface area contributed by atoms with E-state index in [4.69, 9.17) is 5.11 Å². The molecule has 1 amide bonds. The lowest BCUT2D eigenvalue weighted by Crippen LogP contribution is -2.12. The summed E-state index contributed by atoms with van der Waals surface area (Å²) in [7, 11) is 0. The van der Waals surface area contributed by atoms with Gasteiger partial charge in [0, 0.05) is 11.8 Å². The van der Waals surface area contributed by atoms with Gasteiger partial charge in [0.05, 0.1) is 6.42 Å². The van der Waals surface area contributed by atoms with Crippen LogP contribution in [-0.2, 0) is 4.79 Å². The summed E-state index contributed by atoms with van der Waals surface area (Å²) in [5.41, 5.74) is 1.73. The average molecular weight is 274 g/mol. The highest BCUT2D eigenvalue weighted by atomic mass is 16.5. The third-order valence-corrected chi connectivity index (χ3v) is 2.89. The van der Waals surface area contributed by atoms with Gasteiger partial charge in [-0.1, -0.05) is 24.2 Å². The van der Waals surface area contributed by atoms with E-state index in [2.05, 4.69) is 15.0 Å². The number of carbonyl (C=O) groups is 2. The van der Waals surface area contributed by atoms with E-state index in [1.54, 1.807) is 24.3 Å². The third-order valence-electron chi connectivity index (χ3n) is 2.89. The standard InChI is InChI=1S/C14H14N2O4/c1-9(8-13(17)18)10-2-4-11(5-3-10)15-14(19)12-6-7-20-16-12/h2-7,9H,8H2,1H3,(H,15,19)(H,17,18). The van der Waals surface area contributed by atoms with Crippen molar-refractivity contribution in [1.82, 2.24) is 5.16 Å². The summed E-state index contributed by atoms with van der Waals surface area (Å²) in [6.07, 6.45) is 1.40. The Balaban J connectivity index is 2.01. The Morgan fingerprint density at radius 1 is 1.30 bits per heavy atom. The minimum absolute atomic E-state index is 0.0741. The van der Waals surface area contributed by atoms with E-state index in [1.165, 1.54) is 12.3 Å². The molecule has 0 saturated heterocycles. The van der Waals surface area contributed by atoms with Crippen molar-refractivity contribution in [3.8, 4) is 0 Å². The molecule has 0 spiro atoms. The summed E-state index contributed by atoms with van der Waals surface area (Å²) in [6, 6.07) is 8.52. The van der Waals surface area contributed by atoms with Gasteiger partial charge in [0.1, 0.15) is 6.26 Å². The number of carboxylic acid groups (broad SMARTS) is 1. The van der Waals surface area contributed by atoms with Crippen molar-refractivity contribution in [3.63, 3.8) is 0 Å². The van der Waals surface area contributed by atoms with Gasteiger partial charge in [0.15, 0.2) is 5.69 Å². The molecule has 1 unspecified atom stereocenters. The number of nitrogens with zero attached hydrogens (tertiary/aromatic N) is 1. The van der Waals surface area contributed by atoms with Crippen molar-refractivity contribution in [2.24, 2.45) is 0 Å². The lowest BCUT2D eigenvalue weighted by Gasteiger charge is -2.10. The smallest absolute Gasteiger partial charge is 0.303 e. The zero-order valence-electron chi connectivity index (χ0n) is 10.9. The molecule has 2 N–H and O–H groups in total. The van der Waals surface area contributed by atoms with Gasteiger partial charge >= 0.3 is 5.97 Å². The maximum atomic E-state index is 11.7. The molecule has 1 atom stereocenters. The molecule has 1 heterocycles. The van der Waals surface area contributed by atoms with Gasteiger partial charge in [-0.3, -0.25) is 9.59 Å². The average Bonchev–Trinajstić information content (AvgIpc) is 2.92. The molecule has 0 aliphatic carbocycles. The molecule has 0 radical (unpaired) electrons. The van der Waals surface area contributed by atoms with Gasteiger partial charge in [-0.15, -0.1) is 0 Å². The molecule has 6 heteroatoms. The maximum absolute atomic E-state index is 11.7. The summed E-state index contributed by atoms with van der Waals surface area (Å²) in [5.74, 6) is -1.27. The number of hydrogen-bond donors (Lipinski definition) is 2. The van der Waals surface area contributed by atoms with E-state index in [1.807, 2.05) is 6.92 Å². The second-order valence-corrected chi connectivity index (χ2v) is 4.46. The van der Waals surface area contributed by atoms with Gasteiger partial charge in [-0.2, -0.15) is 0 Å². The van der Waals surface area contributed by atoms with E-state index in [-0.39, 0.29) is 23.9 Å². The number of carboxylic acids is 1. The molecule has 6 nitrogen and oxygen atoms in total. The van der Waals surface area contributed by atoms with E-state index in [0.29, 0.717) is 5.69 Å². The Labute approximate surface area is 115 Å². The van der Waals surface area contributed by atoms with Crippen LogP contribution < -0.4 is 5.32 Å². The van der Waals surface area contributed by atoms with Crippen molar-refractivity contribution < 1.29 is 19.2 Å². The largest absolute Gasteiger partial charge is 0.481 e. The molecule has 0 aliphatic heterocycles. The fraction of sp³-hybridized carbons (Fsp3) is 0.214. The minimum Gasteiger partial charge on any atom is -0.481 e. The Kier molecular flexibility index (Phi) is 4.14. The molecule has 2 aromatic rings. The fourth-order valence-electron chi connectivity index (χ4n) is 1.80. The monoisotopic (exact) mass is 274 g/mol. The quantitative estimate of drug-likeness (QED) is 0.873. The molecule has 0 aliphatic rings. The Bertz CT molecular complexity index is 590. The molecule has 0 fully saturated rings. The van der Waals surface area contributed by atoms with Crippen LogP contribution in [0.5, 0.6) is 0 Å². The predicted molar refractivity (Wildman–Crippen MR) is 71.6 cm³/mol. The predicted octanol–water partition coefficient (Wildman–Crippen LogP) is 2.51. The fourth-order valence-corrected chi connectivity index (χ4v) is 1.80. The van der Waals surface area contributed by atoms with E-state index in [0.717, 1.165) is 5.56 Å². The first kappa shape index (κ1) is 13.8. The molecule has 0 bridgehead atoms. The zero-order valence-corrected chi connectivity index (χ0v) is 10.9. The maximum Gasteiger partial charge on any atom is 0.303 e. The van der Waals surface area contributed by atoms with Crippen LogP contribution in [-0.4, -0.2) is 22.1 Å². The van der Waals surface area contributed by atoms with Crippen LogP contribution in [0.25, 0.3) is 0 Å². The molecule has 0 saturated carbocycles. The summed E-state index contributed by atoms with van der Waals surface area (Å²) in [6.45, 7) is 1.84. The first-order valence-electron chi connectivity index (χ1n) is 6.09. The van der Waals surface area contributed by atoms with E-state index in [9.17, 15) is 9.59 Å². The summed E-state index contributed by atoms with van der Waals surface area (Å²) >= 11 is 0. The Morgan fingerprint density at radius 2 is 2.00 bits per heavy atom. The van der Waals surface area contributed by atoms with Gasteiger partial charge in [-0.05, 0) is 23.6 Å². The van der Waals surface area contributed by atoms with E-state index < -0.39 is 5.97 Å². The van der Waals surface area contributed by atoms with Crippen LogP contribution >= 0.6 is 0 Å². The van der Waals surface area contributed by atoms with Gasteiger partial charge < -0.3 is 14.9 Å². The van der Waals surface area contributed by atoms with Crippen LogP contribution in [0.1, 0.15) is 35.3 Å². The highest BCUT2D eigenvalue weighted by molar-refractivity contribution is 6.02. The molecule has 2 rings (SSSR count). The van der Waals surface area contributed by atoms with Gasteiger partial charge in [0.25, 0.3) is 5.91 Å². The summed E-state index contributed by atoms with van der Waals surface area (Å²) in [5, 5.41) is 15.0. The highest BCUT2D eigenvalue weighted by Crippen LogP contribution is 2.21. The number of nitrogens with one attached hydrogen (secondary N) is 1. The second kappa shape index (κ2) is 6.01. The minimum atomic E-state index is -0.832. The molecular weight excluding hydrogens is 260 g/mol. The normalized spacial score (nSPS) is 11.8. The molecule has 1 aromatic heterocycles. The highest BCUT2D eigenvalue weighted by Gasteiger charge is 2.11. The SMILES string of the molecule is CC(CC(=O)O)c1ccc(NC(=O)c2ccon2)cc1. The first-order chi connectivity index (χ1) is 9.56. The molecular formula is C14H14N2O4. The lowest BCUT2D eigenvalue weighted by molar-refractivity contribution is -0.137. The van der Waals surface area contributed by atoms with Crippen molar-refractivity contribution >= 4 is 17.6 Å². The van der Waals surface area contributed by atoms with Gasteiger partial charge in [0.2, 0.25) is 0 Å². The number of aromatic nitrogens is 1. The third kappa shape index (κ3) is 3.44. The summed E-state index contributed by atoms with van der Waals surface area (Å²) in [4.78, 5) is 22.4. The number of amides is 1. The number of carbonyl (C=O) groups excluding carboxylic acids is 1. The van der Waals surface area contributed by atoms with Crippen LogP contribution in [0.2, 0.25) is 0 Å². The van der Waals surface area contributed by atoms with Gasteiger partial charge in [-0.25, -0.2) is 0 Å². The summed E-state index contributed by atoms with van der Waals surface area (Å²) < 4.78 is 4.59. The van der Waals surface area contributed by atoms with Crippen LogP contribution in [0.4, 0.5) is 5.69 Å². The molecule has 1 aromatic carbocycles.